The number of likely N-dealkylation sites (tertiary alicyclic amines) is 1. The molecular formula is C17H25NO4. The Balaban J connectivity index is 2.21. The Kier molecular flexibility index (Phi) is 5.66. The molecule has 122 valence electrons. The molecule has 1 aliphatic heterocycles. The van der Waals surface area contributed by atoms with E-state index in [0.717, 1.165) is 19.5 Å². The lowest BCUT2D eigenvalue weighted by atomic mass is 9.99. The van der Waals surface area contributed by atoms with Crippen molar-refractivity contribution in [2.75, 3.05) is 41.0 Å². The predicted molar refractivity (Wildman–Crippen MR) is 85.3 cm³/mol. The lowest BCUT2D eigenvalue weighted by Crippen LogP contribution is -2.38. The van der Waals surface area contributed by atoms with Crippen LogP contribution in [0.25, 0.3) is 0 Å². The van der Waals surface area contributed by atoms with Crippen molar-refractivity contribution in [3.05, 3.63) is 17.7 Å². The summed E-state index contributed by atoms with van der Waals surface area (Å²) in [5, 5.41) is 0. The highest BCUT2D eigenvalue weighted by atomic mass is 16.5. The minimum Gasteiger partial charge on any atom is -0.493 e. The Morgan fingerprint density at radius 2 is 1.91 bits per heavy atom. The van der Waals surface area contributed by atoms with Gasteiger partial charge in [0.25, 0.3) is 0 Å². The van der Waals surface area contributed by atoms with Crippen LogP contribution in [0.1, 0.15) is 30.1 Å². The molecular weight excluding hydrogens is 282 g/mol. The van der Waals surface area contributed by atoms with Crippen LogP contribution in [0.3, 0.4) is 0 Å². The number of hydrogen-bond donors (Lipinski definition) is 0. The molecule has 0 radical (unpaired) electrons. The molecule has 0 amide bonds. The number of methoxy groups -OCH3 is 3. The summed E-state index contributed by atoms with van der Waals surface area (Å²) in [4.78, 5) is 14.9. The van der Waals surface area contributed by atoms with Gasteiger partial charge in [0.05, 0.1) is 33.4 Å². The molecule has 0 aromatic heterocycles. The summed E-state index contributed by atoms with van der Waals surface area (Å²) in [6, 6.07) is 3.49. The standard InChI is InChI=1S/C17H25NO4/c1-12-6-5-9-18(10-12)11-14(19)13-7-8-15(20-2)17(22-4)16(13)21-3/h7-8,12H,5-6,9-11H2,1-4H3. The fourth-order valence-electron chi connectivity index (χ4n) is 3.04. The molecule has 0 N–H and O–H groups in total. The molecule has 1 aromatic carbocycles. The van der Waals surface area contributed by atoms with Gasteiger partial charge in [-0.15, -0.1) is 0 Å². The number of Topliss-reactive ketones (excluding diaryl/α,β-unsaturated/α-hetero) is 1. The smallest absolute Gasteiger partial charge is 0.204 e. The molecule has 0 spiro atoms. The third-order valence-corrected chi connectivity index (χ3v) is 4.11. The van der Waals surface area contributed by atoms with Gasteiger partial charge in [-0.1, -0.05) is 6.92 Å². The quantitative estimate of drug-likeness (QED) is 0.756. The second-order valence-electron chi connectivity index (χ2n) is 5.79. The zero-order chi connectivity index (χ0) is 16.1. The number of ketones is 1. The third kappa shape index (κ3) is 3.53. The Bertz CT molecular complexity index is 530. The molecule has 1 aliphatic rings. The van der Waals surface area contributed by atoms with Crippen molar-refractivity contribution in [2.45, 2.75) is 19.8 Å². The molecule has 5 nitrogen and oxygen atoms in total. The van der Waals surface area contributed by atoms with E-state index in [1.165, 1.54) is 13.5 Å². The molecule has 0 bridgehead atoms. The van der Waals surface area contributed by atoms with E-state index >= 15 is 0 Å². The second kappa shape index (κ2) is 7.49. The molecule has 1 atom stereocenters. The number of benzene rings is 1. The van der Waals surface area contributed by atoms with Crippen LogP contribution in [0.15, 0.2) is 12.1 Å². The minimum atomic E-state index is 0.0481. The van der Waals surface area contributed by atoms with Crippen LogP contribution in [0, 0.1) is 5.92 Å². The van der Waals surface area contributed by atoms with Gasteiger partial charge in [-0.2, -0.15) is 0 Å². The lowest BCUT2D eigenvalue weighted by molar-refractivity contribution is 0.0889. The van der Waals surface area contributed by atoms with Crippen molar-refractivity contribution in [3.8, 4) is 17.2 Å². The molecule has 1 unspecified atom stereocenters. The van der Waals surface area contributed by atoms with Crippen molar-refractivity contribution in [3.63, 3.8) is 0 Å². The Hall–Kier alpha value is -1.75. The molecule has 1 fully saturated rings. The molecule has 5 heteroatoms. The minimum absolute atomic E-state index is 0.0481. The van der Waals surface area contributed by atoms with Crippen LogP contribution in [-0.2, 0) is 0 Å². The van der Waals surface area contributed by atoms with Gasteiger partial charge in [-0.3, -0.25) is 9.69 Å². The van der Waals surface area contributed by atoms with Gasteiger partial charge in [0.1, 0.15) is 0 Å². The van der Waals surface area contributed by atoms with Crippen LogP contribution in [0.5, 0.6) is 17.2 Å². The first-order valence-electron chi connectivity index (χ1n) is 7.65. The van der Waals surface area contributed by atoms with E-state index in [2.05, 4.69) is 11.8 Å². The SMILES string of the molecule is COc1ccc(C(=O)CN2CCCC(C)C2)c(OC)c1OC. The van der Waals surface area contributed by atoms with Crippen LogP contribution in [0.2, 0.25) is 0 Å². The third-order valence-electron chi connectivity index (χ3n) is 4.11. The van der Waals surface area contributed by atoms with Crippen molar-refractivity contribution >= 4 is 5.78 Å². The number of carbonyl (C=O) groups excluding carboxylic acids is 1. The number of hydrogen-bond acceptors (Lipinski definition) is 5. The number of piperidine rings is 1. The maximum atomic E-state index is 12.6. The predicted octanol–water partition coefficient (Wildman–Crippen LogP) is 2.63. The lowest BCUT2D eigenvalue weighted by Gasteiger charge is -2.30. The highest BCUT2D eigenvalue weighted by Crippen LogP contribution is 2.40. The Morgan fingerprint density at radius 1 is 1.18 bits per heavy atom. The summed E-state index contributed by atoms with van der Waals surface area (Å²) in [6.07, 6.45) is 2.39. The fraction of sp³-hybridized carbons (Fsp3) is 0.588. The first kappa shape index (κ1) is 16.6. The molecule has 2 rings (SSSR count). The summed E-state index contributed by atoms with van der Waals surface area (Å²) in [7, 11) is 4.64. The molecule has 1 heterocycles. The van der Waals surface area contributed by atoms with Gasteiger partial charge < -0.3 is 14.2 Å². The summed E-state index contributed by atoms with van der Waals surface area (Å²) in [5.74, 6) is 2.16. The monoisotopic (exact) mass is 307 g/mol. The average molecular weight is 307 g/mol. The normalized spacial score (nSPS) is 18.8. The van der Waals surface area contributed by atoms with Gasteiger partial charge in [-0.05, 0) is 37.4 Å². The number of ether oxygens (including phenoxy) is 3. The topological polar surface area (TPSA) is 48.0 Å². The van der Waals surface area contributed by atoms with E-state index in [1.807, 2.05) is 0 Å². The van der Waals surface area contributed by atoms with Gasteiger partial charge in [0, 0.05) is 6.54 Å². The molecule has 22 heavy (non-hydrogen) atoms. The largest absolute Gasteiger partial charge is 0.493 e. The van der Waals surface area contributed by atoms with Gasteiger partial charge >= 0.3 is 0 Å². The number of rotatable bonds is 6. The fourth-order valence-corrected chi connectivity index (χ4v) is 3.04. The number of nitrogens with zero attached hydrogens (tertiary/aromatic N) is 1. The van der Waals surface area contributed by atoms with Crippen molar-refractivity contribution in [1.82, 2.24) is 4.90 Å². The van der Waals surface area contributed by atoms with Crippen LogP contribution in [-0.4, -0.2) is 51.6 Å². The first-order chi connectivity index (χ1) is 10.6. The van der Waals surface area contributed by atoms with Gasteiger partial charge in [0.15, 0.2) is 17.3 Å². The summed E-state index contributed by atoms with van der Waals surface area (Å²) >= 11 is 0. The highest BCUT2D eigenvalue weighted by Gasteiger charge is 2.24. The summed E-state index contributed by atoms with van der Waals surface area (Å²) in [5.41, 5.74) is 0.540. The van der Waals surface area contributed by atoms with Crippen LogP contribution < -0.4 is 14.2 Å². The Morgan fingerprint density at radius 3 is 2.50 bits per heavy atom. The molecule has 1 saturated heterocycles. The van der Waals surface area contributed by atoms with Crippen molar-refractivity contribution in [2.24, 2.45) is 5.92 Å². The van der Waals surface area contributed by atoms with E-state index in [-0.39, 0.29) is 5.78 Å². The second-order valence-corrected chi connectivity index (χ2v) is 5.79. The van der Waals surface area contributed by atoms with E-state index < -0.39 is 0 Å². The van der Waals surface area contributed by atoms with Crippen molar-refractivity contribution in [1.29, 1.82) is 0 Å². The summed E-state index contributed by atoms with van der Waals surface area (Å²) < 4.78 is 16.0. The Labute approximate surface area is 132 Å². The van der Waals surface area contributed by atoms with Gasteiger partial charge in [-0.25, -0.2) is 0 Å². The van der Waals surface area contributed by atoms with Crippen LogP contribution >= 0.6 is 0 Å². The zero-order valence-corrected chi connectivity index (χ0v) is 13.8. The van der Waals surface area contributed by atoms with E-state index in [0.29, 0.717) is 35.3 Å². The van der Waals surface area contributed by atoms with Crippen LogP contribution in [0.4, 0.5) is 0 Å². The molecule has 0 saturated carbocycles. The zero-order valence-electron chi connectivity index (χ0n) is 13.8. The average Bonchev–Trinajstić information content (AvgIpc) is 2.53. The maximum absolute atomic E-state index is 12.6. The number of carbonyl (C=O) groups is 1. The summed E-state index contributed by atoms with van der Waals surface area (Å²) in [6.45, 7) is 4.59. The maximum Gasteiger partial charge on any atom is 0.204 e. The molecule has 0 aliphatic carbocycles. The highest BCUT2D eigenvalue weighted by molar-refractivity contribution is 6.01. The first-order valence-corrected chi connectivity index (χ1v) is 7.65. The van der Waals surface area contributed by atoms with E-state index in [1.54, 1.807) is 26.4 Å². The molecule has 1 aromatic rings. The van der Waals surface area contributed by atoms with Gasteiger partial charge in [0.2, 0.25) is 5.75 Å². The van der Waals surface area contributed by atoms with E-state index in [9.17, 15) is 4.79 Å². The van der Waals surface area contributed by atoms with Crippen molar-refractivity contribution < 1.29 is 19.0 Å². The van der Waals surface area contributed by atoms with E-state index in [4.69, 9.17) is 14.2 Å².